The summed E-state index contributed by atoms with van der Waals surface area (Å²) in [4.78, 5) is 7.41. The lowest BCUT2D eigenvalue weighted by Gasteiger charge is -2.32. The number of benzene rings is 1. The van der Waals surface area contributed by atoms with Gasteiger partial charge in [-0.3, -0.25) is 0 Å². The summed E-state index contributed by atoms with van der Waals surface area (Å²) in [5, 5.41) is 7.06. The van der Waals surface area contributed by atoms with Crippen molar-refractivity contribution in [2.24, 2.45) is 4.99 Å². The fourth-order valence-electron chi connectivity index (χ4n) is 4.18. The van der Waals surface area contributed by atoms with E-state index in [2.05, 4.69) is 53.6 Å². The molecule has 0 radical (unpaired) electrons. The second-order valence-corrected chi connectivity index (χ2v) is 8.40. The second kappa shape index (κ2) is 15.0. The maximum absolute atomic E-state index is 6.07. The molecule has 1 aromatic carbocycles. The Labute approximate surface area is 205 Å². The van der Waals surface area contributed by atoms with Gasteiger partial charge in [0, 0.05) is 38.9 Å². The lowest BCUT2D eigenvalue weighted by molar-refractivity contribution is -0.0390. The Balaban J connectivity index is 0.00000341. The average Bonchev–Trinajstić information content (AvgIpc) is 2.79. The summed E-state index contributed by atoms with van der Waals surface area (Å²) in [7, 11) is 0. The zero-order valence-electron chi connectivity index (χ0n) is 19.3. The van der Waals surface area contributed by atoms with Crippen molar-refractivity contribution in [3.8, 4) is 0 Å². The first-order valence-electron chi connectivity index (χ1n) is 11.8. The summed E-state index contributed by atoms with van der Waals surface area (Å²) in [5.41, 5.74) is 2.44. The van der Waals surface area contributed by atoms with Gasteiger partial charge in [-0.25, -0.2) is 4.99 Å². The van der Waals surface area contributed by atoms with Crippen molar-refractivity contribution in [3.05, 3.63) is 35.4 Å². The summed E-state index contributed by atoms with van der Waals surface area (Å²) in [6, 6.07) is 9.12. The SMILES string of the molecule is CCCN1CCC(NC(=NCc2cccc(COC3CCOCC3)c2)NCC)CC1.I. The summed E-state index contributed by atoms with van der Waals surface area (Å²) < 4.78 is 11.5. The Morgan fingerprint density at radius 1 is 1.13 bits per heavy atom. The van der Waals surface area contributed by atoms with E-state index in [0.29, 0.717) is 25.3 Å². The molecule has 0 atom stereocenters. The van der Waals surface area contributed by atoms with Crippen molar-refractivity contribution in [2.75, 3.05) is 39.4 Å². The van der Waals surface area contributed by atoms with E-state index in [1.165, 1.54) is 50.0 Å². The third-order valence-corrected chi connectivity index (χ3v) is 5.88. The van der Waals surface area contributed by atoms with Gasteiger partial charge in [-0.2, -0.15) is 0 Å². The number of halogens is 1. The first-order chi connectivity index (χ1) is 14.8. The molecule has 0 saturated carbocycles. The summed E-state index contributed by atoms with van der Waals surface area (Å²) in [6.45, 7) is 11.8. The standard InChI is InChI=1S/C24H40N4O2.HI/c1-3-12-28-13-8-22(9-14-28)27-24(25-4-2)26-18-20-6-5-7-21(17-20)19-30-23-10-15-29-16-11-23;/h5-7,17,22-23H,3-4,8-16,18-19H2,1-2H3,(H2,25,26,27);1H. The number of ether oxygens (including phenoxy) is 2. The molecule has 2 N–H and O–H groups in total. The van der Waals surface area contributed by atoms with Gasteiger partial charge < -0.3 is 25.0 Å². The van der Waals surface area contributed by atoms with Crippen LogP contribution in [0.15, 0.2) is 29.3 Å². The van der Waals surface area contributed by atoms with Crippen molar-refractivity contribution in [2.45, 2.75) is 71.2 Å². The number of hydrogen-bond donors (Lipinski definition) is 2. The Morgan fingerprint density at radius 2 is 1.87 bits per heavy atom. The van der Waals surface area contributed by atoms with E-state index in [4.69, 9.17) is 14.5 Å². The van der Waals surface area contributed by atoms with Crippen LogP contribution in [-0.2, 0) is 22.6 Å². The first-order valence-corrected chi connectivity index (χ1v) is 11.8. The van der Waals surface area contributed by atoms with E-state index < -0.39 is 0 Å². The van der Waals surface area contributed by atoms with Crippen LogP contribution in [0.3, 0.4) is 0 Å². The molecule has 176 valence electrons. The van der Waals surface area contributed by atoms with E-state index in [-0.39, 0.29) is 24.0 Å². The van der Waals surface area contributed by atoms with Gasteiger partial charge in [0.1, 0.15) is 0 Å². The highest BCUT2D eigenvalue weighted by Crippen LogP contribution is 2.15. The fourth-order valence-corrected chi connectivity index (χ4v) is 4.18. The Bertz CT molecular complexity index is 644. The highest BCUT2D eigenvalue weighted by Gasteiger charge is 2.19. The molecule has 0 spiro atoms. The Morgan fingerprint density at radius 3 is 2.58 bits per heavy atom. The lowest BCUT2D eigenvalue weighted by Crippen LogP contribution is -2.48. The van der Waals surface area contributed by atoms with Crippen LogP contribution in [0.25, 0.3) is 0 Å². The number of nitrogens with zero attached hydrogens (tertiary/aromatic N) is 2. The predicted molar refractivity (Wildman–Crippen MR) is 138 cm³/mol. The van der Waals surface area contributed by atoms with Crippen LogP contribution in [0.4, 0.5) is 0 Å². The zero-order valence-corrected chi connectivity index (χ0v) is 21.6. The van der Waals surface area contributed by atoms with Gasteiger partial charge in [-0.05, 0) is 56.7 Å². The van der Waals surface area contributed by atoms with Gasteiger partial charge in [-0.1, -0.05) is 31.2 Å². The molecule has 0 aromatic heterocycles. The quantitative estimate of drug-likeness (QED) is 0.281. The van der Waals surface area contributed by atoms with E-state index in [1.54, 1.807) is 0 Å². The van der Waals surface area contributed by atoms with Crippen LogP contribution in [-0.4, -0.2) is 62.4 Å². The van der Waals surface area contributed by atoms with Gasteiger partial charge in [0.2, 0.25) is 0 Å². The van der Waals surface area contributed by atoms with Crippen LogP contribution in [0, 0.1) is 0 Å². The molecule has 0 amide bonds. The number of hydrogen-bond acceptors (Lipinski definition) is 4. The van der Waals surface area contributed by atoms with Crippen molar-refractivity contribution in [3.63, 3.8) is 0 Å². The molecule has 2 saturated heterocycles. The molecule has 2 aliphatic heterocycles. The van der Waals surface area contributed by atoms with Crippen molar-refractivity contribution >= 4 is 29.9 Å². The molecular weight excluding hydrogens is 503 g/mol. The maximum Gasteiger partial charge on any atom is 0.191 e. The van der Waals surface area contributed by atoms with Crippen molar-refractivity contribution in [1.29, 1.82) is 0 Å². The molecular formula is C24H41IN4O2. The number of guanidine groups is 1. The molecule has 2 fully saturated rings. The van der Waals surface area contributed by atoms with Crippen molar-refractivity contribution < 1.29 is 9.47 Å². The third-order valence-electron chi connectivity index (χ3n) is 5.88. The van der Waals surface area contributed by atoms with Crippen LogP contribution < -0.4 is 10.6 Å². The highest BCUT2D eigenvalue weighted by molar-refractivity contribution is 14.0. The minimum Gasteiger partial charge on any atom is -0.381 e. The van der Waals surface area contributed by atoms with Gasteiger partial charge >= 0.3 is 0 Å². The van der Waals surface area contributed by atoms with Crippen LogP contribution >= 0.6 is 24.0 Å². The molecule has 0 aliphatic carbocycles. The molecule has 2 aliphatic rings. The van der Waals surface area contributed by atoms with E-state index >= 15 is 0 Å². The largest absolute Gasteiger partial charge is 0.381 e. The average molecular weight is 545 g/mol. The molecule has 2 heterocycles. The van der Waals surface area contributed by atoms with Crippen molar-refractivity contribution in [1.82, 2.24) is 15.5 Å². The molecule has 0 unspecified atom stereocenters. The van der Waals surface area contributed by atoms with Gasteiger partial charge in [-0.15, -0.1) is 24.0 Å². The normalized spacial score (nSPS) is 19.1. The summed E-state index contributed by atoms with van der Waals surface area (Å²) in [6.07, 6.45) is 5.93. The molecule has 6 nitrogen and oxygen atoms in total. The summed E-state index contributed by atoms with van der Waals surface area (Å²) >= 11 is 0. The van der Waals surface area contributed by atoms with Crippen LogP contribution in [0.5, 0.6) is 0 Å². The lowest BCUT2D eigenvalue weighted by atomic mass is 10.1. The summed E-state index contributed by atoms with van der Waals surface area (Å²) in [5.74, 6) is 0.926. The fraction of sp³-hybridized carbons (Fsp3) is 0.708. The highest BCUT2D eigenvalue weighted by atomic mass is 127. The minimum atomic E-state index is 0. The van der Waals surface area contributed by atoms with Gasteiger partial charge in [0.25, 0.3) is 0 Å². The predicted octanol–water partition coefficient (Wildman–Crippen LogP) is 3.93. The first kappa shape index (κ1) is 26.4. The van der Waals surface area contributed by atoms with Gasteiger partial charge in [0.05, 0.1) is 19.3 Å². The van der Waals surface area contributed by atoms with Crippen LogP contribution in [0.1, 0.15) is 57.1 Å². The molecule has 7 heteroatoms. The monoisotopic (exact) mass is 544 g/mol. The zero-order chi connectivity index (χ0) is 21.0. The Hall–Kier alpha value is -0.900. The minimum absolute atomic E-state index is 0. The van der Waals surface area contributed by atoms with E-state index in [9.17, 15) is 0 Å². The third kappa shape index (κ3) is 9.63. The number of likely N-dealkylation sites (tertiary alicyclic amines) is 1. The molecule has 1 aromatic rings. The van der Waals surface area contributed by atoms with Crippen LogP contribution in [0.2, 0.25) is 0 Å². The number of rotatable bonds is 9. The number of nitrogens with one attached hydrogen (secondary N) is 2. The number of aliphatic imine (C=N–C) groups is 1. The second-order valence-electron chi connectivity index (χ2n) is 8.40. The Kier molecular flexibility index (Phi) is 12.8. The molecule has 31 heavy (non-hydrogen) atoms. The van der Waals surface area contributed by atoms with E-state index in [0.717, 1.165) is 38.6 Å². The van der Waals surface area contributed by atoms with Gasteiger partial charge in [0.15, 0.2) is 5.96 Å². The maximum atomic E-state index is 6.07. The topological polar surface area (TPSA) is 58.1 Å². The smallest absolute Gasteiger partial charge is 0.191 e. The van der Waals surface area contributed by atoms with E-state index in [1.807, 2.05) is 0 Å². The molecule has 3 rings (SSSR count). The number of piperidine rings is 1. The molecule has 0 bridgehead atoms.